The Balaban J connectivity index is 1.80. The molecule has 0 spiro atoms. The number of aryl methyl sites for hydroxylation is 1. The molecule has 0 saturated heterocycles. The van der Waals surface area contributed by atoms with Gasteiger partial charge in [0.1, 0.15) is 5.76 Å². The monoisotopic (exact) mass is 341 g/mol. The van der Waals surface area contributed by atoms with Crippen LogP contribution in [0.2, 0.25) is 10.0 Å². The van der Waals surface area contributed by atoms with Crippen LogP contribution in [0.15, 0.2) is 28.8 Å². The number of nitrogens with one attached hydrogen (secondary N) is 2. The Hall–Kier alpha value is -2.05. The summed E-state index contributed by atoms with van der Waals surface area (Å²) in [6.45, 7) is 1.89. The van der Waals surface area contributed by atoms with Crippen LogP contribution in [0.25, 0.3) is 0 Å². The number of halogens is 2. The fourth-order valence-corrected chi connectivity index (χ4v) is 2.18. The van der Waals surface area contributed by atoms with Crippen molar-refractivity contribution in [2.45, 2.75) is 13.3 Å². The first-order valence-electron chi connectivity index (χ1n) is 6.42. The minimum atomic E-state index is -0.369. The van der Waals surface area contributed by atoms with Crippen LogP contribution < -0.4 is 10.6 Å². The van der Waals surface area contributed by atoms with Gasteiger partial charge in [0.15, 0.2) is 5.82 Å². The zero-order valence-corrected chi connectivity index (χ0v) is 13.2. The van der Waals surface area contributed by atoms with Gasteiger partial charge in [-0.3, -0.25) is 9.59 Å². The van der Waals surface area contributed by atoms with Crippen molar-refractivity contribution in [2.24, 2.45) is 0 Å². The number of nitrogens with zero attached hydrogens (tertiary/aromatic N) is 1. The van der Waals surface area contributed by atoms with Gasteiger partial charge in [-0.1, -0.05) is 28.4 Å². The highest BCUT2D eigenvalue weighted by molar-refractivity contribution is 6.36. The van der Waals surface area contributed by atoms with Crippen LogP contribution in [0.4, 0.5) is 5.82 Å². The van der Waals surface area contributed by atoms with Gasteiger partial charge in [-0.2, -0.15) is 0 Å². The van der Waals surface area contributed by atoms with Crippen LogP contribution in [0.1, 0.15) is 22.5 Å². The molecule has 1 heterocycles. The van der Waals surface area contributed by atoms with E-state index in [0.29, 0.717) is 22.2 Å². The number of carbonyl (C=O) groups excluding carboxylic acids is 2. The third kappa shape index (κ3) is 4.47. The SMILES string of the molecule is Cc1cc(NC(=O)CCNC(=O)c2ccc(Cl)cc2Cl)no1. The molecule has 0 aliphatic rings. The summed E-state index contributed by atoms with van der Waals surface area (Å²) in [6.07, 6.45) is 0.100. The first-order valence-corrected chi connectivity index (χ1v) is 7.17. The molecule has 2 amide bonds. The molecule has 1 aromatic carbocycles. The number of benzene rings is 1. The normalized spacial score (nSPS) is 10.3. The molecule has 1 aromatic heterocycles. The van der Waals surface area contributed by atoms with Crippen molar-refractivity contribution < 1.29 is 14.1 Å². The largest absolute Gasteiger partial charge is 0.360 e. The van der Waals surface area contributed by atoms with Gasteiger partial charge in [0.25, 0.3) is 5.91 Å². The molecule has 0 saturated carbocycles. The molecule has 0 bridgehead atoms. The Labute approximate surface area is 136 Å². The first kappa shape index (κ1) is 16.3. The summed E-state index contributed by atoms with van der Waals surface area (Å²) in [6, 6.07) is 6.18. The molecule has 2 N–H and O–H groups in total. The lowest BCUT2D eigenvalue weighted by molar-refractivity contribution is -0.116. The fraction of sp³-hybridized carbons (Fsp3) is 0.214. The Bertz CT molecular complexity index is 700. The maximum Gasteiger partial charge on any atom is 0.252 e. The summed E-state index contributed by atoms with van der Waals surface area (Å²) in [5, 5.41) is 9.51. The Morgan fingerprint density at radius 1 is 1.27 bits per heavy atom. The minimum absolute atomic E-state index is 0.100. The highest BCUT2D eigenvalue weighted by Gasteiger charge is 2.11. The van der Waals surface area contributed by atoms with Crippen LogP contribution in [-0.4, -0.2) is 23.5 Å². The zero-order valence-electron chi connectivity index (χ0n) is 11.7. The highest BCUT2D eigenvalue weighted by atomic mass is 35.5. The number of rotatable bonds is 5. The molecule has 0 atom stereocenters. The van der Waals surface area contributed by atoms with Gasteiger partial charge in [0.05, 0.1) is 10.6 Å². The average Bonchev–Trinajstić information content (AvgIpc) is 2.83. The van der Waals surface area contributed by atoms with E-state index >= 15 is 0 Å². The number of hydrogen-bond acceptors (Lipinski definition) is 4. The molecular weight excluding hydrogens is 329 g/mol. The van der Waals surface area contributed by atoms with E-state index in [1.165, 1.54) is 12.1 Å². The summed E-state index contributed by atoms with van der Waals surface area (Å²) in [7, 11) is 0. The standard InChI is InChI=1S/C14H13Cl2N3O3/c1-8-6-12(19-22-8)18-13(20)4-5-17-14(21)10-3-2-9(15)7-11(10)16/h2-3,6-7H,4-5H2,1H3,(H,17,21)(H,18,19,20). The maximum atomic E-state index is 11.9. The molecule has 6 nitrogen and oxygen atoms in total. The Kier molecular flexibility index (Phi) is 5.41. The number of amides is 2. The topological polar surface area (TPSA) is 84.2 Å². The second-order valence-corrected chi connectivity index (χ2v) is 5.34. The third-order valence-electron chi connectivity index (χ3n) is 2.71. The molecular formula is C14H13Cl2N3O3. The lowest BCUT2D eigenvalue weighted by Gasteiger charge is -2.07. The Morgan fingerprint density at radius 2 is 2.05 bits per heavy atom. The van der Waals surface area contributed by atoms with Crippen molar-refractivity contribution in [3.63, 3.8) is 0 Å². The predicted molar refractivity (Wildman–Crippen MR) is 83.3 cm³/mol. The third-order valence-corrected chi connectivity index (χ3v) is 3.26. The highest BCUT2D eigenvalue weighted by Crippen LogP contribution is 2.20. The molecule has 2 aromatic rings. The molecule has 0 aliphatic heterocycles. The van der Waals surface area contributed by atoms with Crippen molar-refractivity contribution in [2.75, 3.05) is 11.9 Å². The first-order chi connectivity index (χ1) is 10.5. The van der Waals surface area contributed by atoms with E-state index in [-0.39, 0.29) is 29.8 Å². The molecule has 116 valence electrons. The van der Waals surface area contributed by atoms with Gasteiger partial charge in [-0.25, -0.2) is 0 Å². The van der Waals surface area contributed by atoms with Crippen LogP contribution in [0, 0.1) is 6.92 Å². The fourth-order valence-electron chi connectivity index (χ4n) is 1.69. The smallest absolute Gasteiger partial charge is 0.252 e. The maximum absolute atomic E-state index is 11.9. The van der Waals surface area contributed by atoms with E-state index in [1.807, 2.05) is 0 Å². The van der Waals surface area contributed by atoms with Crippen LogP contribution in [0.3, 0.4) is 0 Å². The molecule has 2 rings (SSSR count). The number of hydrogen-bond donors (Lipinski definition) is 2. The minimum Gasteiger partial charge on any atom is -0.360 e. The molecule has 0 aliphatic carbocycles. The van der Waals surface area contributed by atoms with Gasteiger partial charge in [0, 0.05) is 24.1 Å². The van der Waals surface area contributed by atoms with Crippen LogP contribution in [-0.2, 0) is 4.79 Å². The molecule has 22 heavy (non-hydrogen) atoms. The second-order valence-electron chi connectivity index (χ2n) is 4.50. The van der Waals surface area contributed by atoms with Crippen LogP contribution in [0.5, 0.6) is 0 Å². The van der Waals surface area contributed by atoms with Gasteiger partial charge in [-0.05, 0) is 25.1 Å². The number of anilines is 1. The van der Waals surface area contributed by atoms with Gasteiger partial charge >= 0.3 is 0 Å². The van der Waals surface area contributed by atoms with E-state index in [1.54, 1.807) is 19.1 Å². The number of aromatic nitrogens is 1. The van der Waals surface area contributed by atoms with Gasteiger partial charge in [-0.15, -0.1) is 0 Å². The second kappa shape index (κ2) is 7.29. The van der Waals surface area contributed by atoms with E-state index < -0.39 is 0 Å². The quantitative estimate of drug-likeness (QED) is 0.875. The number of carbonyl (C=O) groups is 2. The lowest BCUT2D eigenvalue weighted by atomic mass is 10.2. The summed E-state index contributed by atoms with van der Waals surface area (Å²) in [5.41, 5.74) is 0.304. The van der Waals surface area contributed by atoms with Crippen molar-refractivity contribution in [1.82, 2.24) is 10.5 Å². The summed E-state index contributed by atoms with van der Waals surface area (Å²) >= 11 is 11.7. The van der Waals surface area contributed by atoms with Crippen molar-refractivity contribution in [3.05, 3.63) is 45.6 Å². The van der Waals surface area contributed by atoms with E-state index in [2.05, 4.69) is 15.8 Å². The average molecular weight is 342 g/mol. The van der Waals surface area contributed by atoms with E-state index in [4.69, 9.17) is 27.7 Å². The lowest BCUT2D eigenvalue weighted by Crippen LogP contribution is -2.27. The Morgan fingerprint density at radius 3 is 2.68 bits per heavy atom. The van der Waals surface area contributed by atoms with Crippen molar-refractivity contribution in [3.8, 4) is 0 Å². The molecule has 0 fully saturated rings. The molecule has 0 radical (unpaired) electrons. The van der Waals surface area contributed by atoms with Gasteiger partial charge < -0.3 is 15.2 Å². The van der Waals surface area contributed by atoms with Crippen LogP contribution >= 0.6 is 23.2 Å². The molecule has 0 unspecified atom stereocenters. The molecule has 8 heteroatoms. The zero-order chi connectivity index (χ0) is 16.1. The van der Waals surface area contributed by atoms with Crippen molar-refractivity contribution in [1.29, 1.82) is 0 Å². The van der Waals surface area contributed by atoms with E-state index in [0.717, 1.165) is 0 Å². The van der Waals surface area contributed by atoms with Crippen molar-refractivity contribution >= 4 is 40.8 Å². The summed E-state index contributed by atoms with van der Waals surface area (Å²) < 4.78 is 4.83. The van der Waals surface area contributed by atoms with Gasteiger partial charge in [0.2, 0.25) is 5.91 Å². The van der Waals surface area contributed by atoms with E-state index in [9.17, 15) is 9.59 Å². The predicted octanol–water partition coefficient (Wildman–Crippen LogP) is 3.05. The summed E-state index contributed by atoms with van der Waals surface area (Å²) in [4.78, 5) is 23.6. The summed E-state index contributed by atoms with van der Waals surface area (Å²) in [5.74, 6) is 0.290.